The highest BCUT2D eigenvalue weighted by Crippen LogP contribution is 2.25. The van der Waals surface area contributed by atoms with Gasteiger partial charge in [0.2, 0.25) is 5.91 Å². The van der Waals surface area contributed by atoms with Crippen molar-refractivity contribution in [1.29, 1.82) is 0 Å². The molecule has 1 amide bonds. The van der Waals surface area contributed by atoms with Crippen molar-refractivity contribution in [2.75, 3.05) is 33.4 Å². The molecule has 2 aromatic rings. The zero-order valence-electron chi connectivity index (χ0n) is 15.5. The fraction of sp³-hybridized carbons (Fsp3) is 0.316. The topological polar surface area (TPSA) is 84.9 Å². The summed E-state index contributed by atoms with van der Waals surface area (Å²) in [6.45, 7) is 1.82. The number of sulfonamides is 1. The molecule has 1 fully saturated rings. The summed E-state index contributed by atoms with van der Waals surface area (Å²) in [5, 5.41) is 2.77. The van der Waals surface area contributed by atoms with Crippen LogP contribution in [0.4, 0.5) is 0 Å². The average molecular weight is 423 g/mol. The third-order valence-electron chi connectivity index (χ3n) is 4.18. The summed E-state index contributed by atoms with van der Waals surface area (Å²) in [6.07, 6.45) is 3.15. The van der Waals surface area contributed by atoms with Gasteiger partial charge >= 0.3 is 0 Å². The summed E-state index contributed by atoms with van der Waals surface area (Å²) in [6, 6.07) is 10.7. The average Bonchev–Trinajstić information content (AvgIpc) is 3.22. The summed E-state index contributed by atoms with van der Waals surface area (Å²) < 4.78 is 37.2. The monoisotopic (exact) mass is 422 g/mol. The molecule has 3 rings (SSSR count). The van der Waals surface area contributed by atoms with Gasteiger partial charge in [-0.2, -0.15) is 4.31 Å². The number of carbonyl (C=O) groups excluding carboxylic acids is 1. The summed E-state index contributed by atoms with van der Waals surface area (Å²) in [5.74, 6) is 0.504. The first-order valence-electron chi connectivity index (χ1n) is 8.75. The Kier molecular flexibility index (Phi) is 6.84. The second-order valence-electron chi connectivity index (χ2n) is 6.06. The Hall–Kier alpha value is -2.20. The number of methoxy groups -OCH3 is 1. The van der Waals surface area contributed by atoms with Crippen LogP contribution in [0.5, 0.6) is 5.75 Å². The minimum absolute atomic E-state index is 0.248. The third kappa shape index (κ3) is 5.20. The summed E-state index contributed by atoms with van der Waals surface area (Å²) in [4.78, 5) is 12.8. The van der Waals surface area contributed by atoms with Gasteiger partial charge in [0.05, 0.1) is 26.9 Å². The number of hydrogen-bond acceptors (Lipinski definition) is 6. The lowest BCUT2D eigenvalue weighted by Crippen LogP contribution is -2.40. The Morgan fingerprint density at radius 1 is 1.21 bits per heavy atom. The van der Waals surface area contributed by atoms with Gasteiger partial charge in [-0.25, -0.2) is 8.42 Å². The number of morpholine rings is 1. The van der Waals surface area contributed by atoms with Crippen molar-refractivity contribution in [3.8, 4) is 5.75 Å². The molecule has 0 radical (unpaired) electrons. The van der Waals surface area contributed by atoms with Crippen molar-refractivity contribution in [2.45, 2.75) is 10.8 Å². The molecule has 0 aliphatic carbocycles. The molecule has 9 heteroatoms. The zero-order valence-corrected chi connectivity index (χ0v) is 17.1. The third-order valence-corrected chi connectivity index (χ3v) is 7.63. The van der Waals surface area contributed by atoms with E-state index in [-0.39, 0.29) is 16.7 Å². The lowest BCUT2D eigenvalue weighted by Gasteiger charge is -2.25. The number of thiophene rings is 1. The van der Waals surface area contributed by atoms with Crippen molar-refractivity contribution >= 4 is 33.3 Å². The van der Waals surface area contributed by atoms with Gasteiger partial charge in [0, 0.05) is 24.0 Å². The van der Waals surface area contributed by atoms with Gasteiger partial charge in [0.25, 0.3) is 10.0 Å². The smallest absolute Gasteiger partial charge is 0.252 e. The van der Waals surface area contributed by atoms with Crippen LogP contribution in [0.15, 0.2) is 46.7 Å². The molecule has 28 heavy (non-hydrogen) atoms. The number of ether oxygens (including phenoxy) is 2. The second kappa shape index (κ2) is 9.33. The van der Waals surface area contributed by atoms with Crippen LogP contribution in [0.2, 0.25) is 0 Å². The Morgan fingerprint density at radius 2 is 1.93 bits per heavy atom. The fourth-order valence-electron chi connectivity index (χ4n) is 2.63. The Balaban J connectivity index is 1.54. The molecule has 2 heterocycles. The quantitative estimate of drug-likeness (QED) is 0.691. The van der Waals surface area contributed by atoms with Gasteiger partial charge in [0.1, 0.15) is 9.96 Å². The van der Waals surface area contributed by atoms with Crippen LogP contribution in [-0.2, 0) is 26.1 Å². The van der Waals surface area contributed by atoms with E-state index in [0.717, 1.165) is 16.2 Å². The van der Waals surface area contributed by atoms with Gasteiger partial charge in [-0.05, 0) is 35.9 Å². The van der Waals surface area contributed by atoms with Gasteiger partial charge in [-0.1, -0.05) is 12.1 Å². The second-order valence-corrected chi connectivity index (χ2v) is 9.39. The number of rotatable bonds is 7. The molecule has 1 saturated heterocycles. The highest BCUT2D eigenvalue weighted by molar-refractivity contribution is 7.91. The fourth-order valence-corrected chi connectivity index (χ4v) is 5.48. The minimum Gasteiger partial charge on any atom is -0.497 e. The van der Waals surface area contributed by atoms with Gasteiger partial charge in [-0.15, -0.1) is 11.3 Å². The molecule has 1 N–H and O–H groups in total. The predicted molar refractivity (Wildman–Crippen MR) is 108 cm³/mol. The number of nitrogens with one attached hydrogen (secondary N) is 1. The van der Waals surface area contributed by atoms with Crippen molar-refractivity contribution in [1.82, 2.24) is 9.62 Å². The number of nitrogens with zero attached hydrogens (tertiary/aromatic N) is 1. The van der Waals surface area contributed by atoms with Gasteiger partial charge < -0.3 is 14.8 Å². The summed E-state index contributed by atoms with van der Waals surface area (Å²) in [5.41, 5.74) is 0.881. The molecular weight excluding hydrogens is 400 g/mol. The van der Waals surface area contributed by atoms with E-state index in [1.165, 1.54) is 21.7 Å². The lowest BCUT2D eigenvalue weighted by molar-refractivity contribution is -0.116. The maximum atomic E-state index is 12.6. The van der Waals surface area contributed by atoms with Crippen molar-refractivity contribution in [2.24, 2.45) is 0 Å². The Morgan fingerprint density at radius 3 is 2.61 bits per heavy atom. The van der Waals surface area contributed by atoms with E-state index in [1.807, 2.05) is 24.3 Å². The van der Waals surface area contributed by atoms with Crippen molar-refractivity contribution in [3.05, 3.63) is 52.9 Å². The molecule has 0 atom stereocenters. The first kappa shape index (κ1) is 20.5. The van der Waals surface area contributed by atoms with Crippen LogP contribution in [0.3, 0.4) is 0 Å². The standard InChI is InChI=1S/C19H22N2O5S2/c1-25-16-5-2-15(3-6-16)4-8-18(22)20-14-17-7-9-19(27-17)28(23,24)21-10-12-26-13-11-21/h2-9H,10-14H2,1H3,(H,20,22). The molecule has 0 bridgehead atoms. The Bertz CT molecular complexity index is 929. The SMILES string of the molecule is COc1ccc(C=CC(=O)NCc2ccc(S(=O)(=O)N3CCOCC3)s2)cc1. The van der Waals surface area contributed by atoms with Crippen LogP contribution in [0.1, 0.15) is 10.4 Å². The van der Waals surface area contributed by atoms with E-state index < -0.39 is 10.0 Å². The van der Waals surface area contributed by atoms with Crippen molar-refractivity contribution in [3.63, 3.8) is 0 Å². The molecule has 1 aromatic heterocycles. The van der Waals surface area contributed by atoms with E-state index in [0.29, 0.717) is 26.3 Å². The predicted octanol–water partition coefficient (Wildman–Crippen LogP) is 2.11. The summed E-state index contributed by atoms with van der Waals surface area (Å²) in [7, 11) is -1.90. The van der Waals surface area contributed by atoms with Crippen molar-refractivity contribution < 1.29 is 22.7 Å². The number of amides is 1. The van der Waals surface area contributed by atoms with Crippen LogP contribution >= 0.6 is 11.3 Å². The summed E-state index contributed by atoms with van der Waals surface area (Å²) >= 11 is 1.17. The van der Waals surface area contributed by atoms with Crippen LogP contribution in [0.25, 0.3) is 6.08 Å². The maximum absolute atomic E-state index is 12.6. The largest absolute Gasteiger partial charge is 0.497 e. The van der Waals surface area contributed by atoms with Crippen LogP contribution in [-0.4, -0.2) is 52.0 Å². The minimum atomic E-state index is -3.50. The lowest BCUT2D eigenvalue weighted by atomic mass is 10.2. The first-order valence-corrected chi connectivity index (χ1v) is 11.0. The van der Waals surface area contributed by atoms with E-state index >= 15 is 0 Å². The number of hydrogen-bond donors (Lipinski definition) is 1. The van der Waals surface area contributed by atoms with Crippen LogP contribution < -0.4 is 10.1 Å². The first-order chi connectivity index (χ1) is 13.5. The maximum Gasteiger partial charge on any atom is 0.252 e. The molecule has 0 unspecified atom stereocenters. The van der Waals surface area contributed by atoms with E-state index in [1.54, 1.807) is 25.3 Å². The Labute approximate surface area is 168 Å². The number of benzene rings is 1. The normalized spacial score (nSPS) is 15.6. The zero-order chi connectivity index (χ0) is 20.0. The molecule has 7 nitrogen and oxygen atoms in total. The number of carbonyl (C=O) groups is 1. The van der Waals surface area contributed by atoms with Crippen LogP contribution in [0, 0.1) is 0 Å². The van der Waals surface area contributed by atoms with E-state index in [2.05, 4.69) is 5.32 Å². The van der Waals surface area contributed by atoms with Gasteiger partial charge in [-0.3, -0.25) is 4.79 Å². The van der Waals surface area contributed by atoms with E-state index in [9.17, 15) is 13.2 Å². The highest BCUT2D eigenvalue weighted by atomic mass is 32.2. The molecule has 1 aromatic carbocycles. The highest BCUT2D eigenvalue weighted by Gasteiger charge is 2.27. The molecule has 0 saturated carbocycles. The van der Waals surface area contributed by atoms with E-state index in [4.69, 9.17) is 9.47 Å². The molecular formula is C19H22N2O5S2. The molecule has 150 valence electrons. The molecule has 1 aliphatic heterocycles. The van der Waals surface area contributed by atoms with Gasteiger partial charge in [0.15, 0.2) is 0 Å². The molecule has 1 aliphatic rings. The molecule has 0 spiro atoms.